The van der Waals surface area contributed by atoms with Crippen molar-refractivity contribution < 1.29 is 14.3 Å². The predicted molar refractivity (Wildman–Crippen MR) is 162 cm³/mol. The third kappa shape index (κ3) is 5.54. The van der Waals surface area contributed by atoms with E-state index < -0.39 is 0 Å². The molecule has 3 aliphatic heterocycles. The number of aromatic nitrogens is 2. The smallest absolute Gasteiger partial charge is 0.318 e. The maximum atomic E-state index is 12.5. The van der Waals surface area contributed by atoms with Gasteiger partial charge < -0.3 is 24.2 Å². The Morgan fingerprint density at radius 1 is 1.21 bits per heavy atom. The van der Waals surface area contributed by atoms with Gasteiger partial charge in [-0.05, 0) is 49.5 Å². The van der Waals surface area contributed by atoms with E-state index in [0.29, 0.717) is 56.3 Å². The molecule has 218 valence electrons. The number of hydrogen-bond acceptors (Lipinski definition) is 8. The first kappa shape index (κ1) is 28.4. The first-order valence-corrected chi connectivity index (χ1v) is 14.9. The lowest BCUT2D eigenvalue weighted by atomic mass is 9.94. The zero-order valence-electron chi connectivity index (χ0n) is 23.8. The monoisotopic (exact) mass is 586 g/mol. The highest BCUT2D eigenvalue weighted by molar-refractivity contribution is 6.35. The van der Waals surface area contributed by atoms with Gasteiger partial charge in [0.05, 0.1) is 36.9 Å². The number of ether oxygens (including phenoxy) is 2. The van der Waals surface area contributed by atoms with Gasteiger partial charge in [-0.3, -0.25) is 4.79 Å². The summed E-state index contributed by atoms with van der Waals surface area (Å²) in [6.45, 7) is 7.06. The molecule has 1 aromatic heterocycles. The van der Waals surface area contributed by atoms with Gasteiger partial charge in [0.2, 0.25) is 5.91 Å². The number of nitrogens with zero attached hydrogens (tertiary/aromatic N) is 6. The highest BCUT2D eigenvalue weighted by atomic mass is 35.5. The Labute approximate surface area is 251 Å². The zero-order chi connectivity index (χ0) is 29.2. The van der Waals surface area contributed by atoms with Crippen LogP contribution in [0.4, 0.5) is 5.82 Å². The summed E-state index contributed by atoms with van der Waals surface area (Å²) in [6, 6.07) is 14.7. The van der Waals surface area contributed by atoms with E-state index in [0.717, 1.165) is 52.8 Å². The number of amides is 1. The van der Waals surface area contributed by atoms with E-state index >= 15 is 0 Å². The average Bonchev–Trinajstić information content (AvgIpc) is 3.43. The number of nitriles is 1. The molecule has 3 atom stereocenters. The van der Waals surface area contributed by atoms with Gasteiger partial charge in [0.15, 0.2) is 0 Å². The van der Waals surface area contributed by atoms with Crippen LogP contribution in [0.25, 0.3) is 10.8 Å². The summed E-state index contributed by atoms with van der Waals surface area (Å²) in [5, 5.41) is 12.3. The number of likely N-dealkylation sites (N-methyl/N-ethyl adjacent to an activating group) is 1. The summed E-state index contributed by atoms with van der Waals surface area (Å²) in [5.41, 5.74) is 2.84. The summed E-state index contributed by atoms with van der Waals surface area (Å²) in [4.78, 5) is 28.5. The van der Waals surface area contributed by atoms with Crippen molar-refractivity contribution in [1.29, 1.82) is 5.26 Å². The van der Waals surface area contributed by atoms with Gasteiger partial charge in [-0.2, -0.15) is 15.2 Å². The van der Waals surface area contributed by atoms with Crippen molar-refractivity contribution >= 4 is 34.1 Å². The van der Waals surface area contributed by atoms with Crippen molar-refractivity contribution in [3.63, 3.8) is 0 Å². The SMILES string of the molecule is C=CC(=O)N1CCN(c2nc(OC[C@@H]3CCCN3C)nc3c2CO[C@@H](c2cccc4cccc(Cl)c24)C3)C[C@@H]1CC#N. The van der Waals surface area contributed by atoms with E-state index in [1.54, 1.807) is 4.90 Å². The minimum Gasteiger partial charge on any atom is -0.462 e. The fourth-order valence-electron chi connectivity index (χ4n) is 6.44. The molecule has 2 aromatic carbocycles. The second kappa shape index (κ2) is 12.3. The molecule has 0 radical (unpaired) electrons. The Hall–Kier alpha value is -3.71. The van der Waals surface area contributed by atoms with Crippen LogP contribution < -0.4 is 9.64 Å². The number of halogens is 1. The molecule has 0 unspecified atom stereocenters. The normalized spacial score (nSPS) is 22.5. The lowest BCUT2D eigenvalue weighted by Crippen LogP contribution is -2.55. The Balaban J connectivity index is 1.34. The van der Waals surface area contributed by atoms with Crippen LogP contribution in [0.1, 0.15) is 42.2 Å². The number of piperazine rings is 1. The first-order valence-electron chi connectivity index (χ1n) is 14.5. The Morgan fingerprint density at radius 2 is 2.05 bits per heavy atom. The molecule has 9 nitrogen and oxygen atoms in total. The molecule has 0 spiro atoms. The van der Waals surface area contributed by atoms with Crippen LogP contribution in [0.3, 0.4) is 0 Å². The maximum absolute atomic E-state index is 12.5. The predicted octanol–water partition coefficient (Wildman–Crippen LogP) is 4.69. The molecule has 10 heteroatoms. The molecule has 1 amide bonds. The number of fused-ring (bicyclic) bond motifs is 2. The van der Waals surface area contributed by atoms with Crippen molar-refractivity contribution in [3.05, 3.63) is 70.9 Å². The molecule has 2 saturated heterocycles. The van der Waals surface area contributed by atoms with Gasteiger partial charge in [-0.1, -0.05) is 48.5 Å². The molecule has 3 aromatic rings. The third-order valence-corrected chi connectivity index (χ3v) is 9.05. The molecular formula is C32H35ClN6O3. The summed E-state index contributed by atoms with van der Waals surface area (Å²) in [6.07, 6.45) is 4.09. The van der Waals surface area contributed by atoms with Gasteiger partial charge >= 0.3 is 6.01 Å². The number of carbonyl (C=O) groups is 1. The second-order valence-electron chi connectivity index (χ2n) is 11.2. The van der Waals surface area contributed by atoms with Crippen molar-refractivity contribution in [1.82, 2.24) is 19.8 Å². The van der Waals surface area contributed by atoms with E-state index in [2.05, 4.69) is 47.7 Å². The fourth-order valence-corrected chi connectivity index (χ4v) is 6.73. The molecule has 0 aliphatic carbocycles. The van der Waals surface area contributed by atoms with Crippen LogP contribution in [0.15, 0.2) is 49.1 Å². The number of hydrogen-bond donors (Lipinski definition) is 0. The van der Waals surface area contributed by atoms with Crippen LogP contribution in [0, 0.1) is 11.3 Å². The summed E-state index contributed by atoms with van der Waals surface area (Å²) >= 11 is 6.66. The molecule has 0 bridgehead atoms. The molecular weight excluding hydrogens is 552 g/mol. The third-order valence-electron chi connectivity index (χ3n) is 8.73. The molecule has 2 fully saturated rings. The van der Waals surface area contributed by atoms with E-state index in [4.69, 9.17) is 31.0 Å². The maximum Gasteiger partial charge on any atom is 0.318 e. The van der Waals surface area contributed by atoms with E-state index in [9.17, 15) is 10.1 Å². The molecule has 4 heterocycles. The van der Waals surface area contributed by atoms with E-state index in [-0.39, 0.29) is 24.5 Å². The summed E-state index contributed by atoms with van der Waals surface area (Å²) < 4.78 is 12.7. The number of carbonyl (C=O) groups excluding carboxylic acids is 1. The van der Waals surface area contributed by atoms with Gasteiger partial charge in [-0.25, -0.2) is 0 Å². The van der Waals surface area contributed by atoms with Gasteiger partial charge in [0.1, 0.15) is 12.4 Å². The summed E-state index contributed by atoms with van der Waals surface area (Å²) in [7, 11) is 2.12. The fraction of sp³-hybridized carbons (Fsp3) is 0.438. The molecule has 3 aliphatic rings. The van der Waals surface area contributed by atoms with Crippen LogP contribution in [-0.2, 0) is 22.6 Å². The Bertz CT molecular complexity index is 1540. The van der Waals surface area contributed by atoms with Crippen LogP contribution >= 0.6 is 11.6 Å². The quantitative estimate of drug-likeness (QED) is 0.368. The van der Waals surface area contributed by atoms with Gasteiger partial charge in [0.25, 0.3) is 0 Å². The lowest BCUT2D eigenvalue weighted by Gasteiger charge is -2.42. The Morgan fingerprint density at radius 3 is 2.81 bits per heavy atom. The van der Waals surface area contributed by atoms with Gasteiger partial charge in [0, 0.05) is 48.1 Å². The topological polar surface area (TPSA) is 94.8 Å². The van der Waals surface area contributed by atoms with Crippen molar-refractivity contribution in [2.45, 2.75) is 50.5 Å². The molecule has 0 N–H and O–H groups in total. The highest BCUT2D eigenvalue weighted by Crippen LogP contribution is 2.39. The van der Waals surface area contributed by atoms with Crippen LogP contribution in [-0.4, -0.2) is 77.6 Å². The lowest BCUT2D eigenvalue weighted by molar-refractivity contribution is -0.128. The van der Waals surface area contributed by atoms with Crippen molar-refractivity contribution in [2.24, 2.45) is 0 Å². The largest absolute Gasteiger partial charge is 0.462 e. The first-order chi connectivity index (χ1) is 20.5. The minimum absolute atomic E-state index is 0.163. The standard InChI is InChI=1S/C32H35ClN6O3/c1-3-29(40)39-16-15-38(18-22(39)12-13-34)31-25-20-41-28(24-10-4-7-21-8-5-11-26(33)30(21)24)17-27(25)35-32(36-31)42-19-23-9-6-14-37(23)2/h3-5,7-8,10-11,22-23,28H,1,6,9,12,14-20H2,2H3/t22-,23-,28+/m0/s1. The average molecular weight is 587 g/mol. The zero-order valence-corrected chi connectivity index (χ0v) is 24.6. The van der Waals surface area contributed by atoms with E-state index in [1.807, 2.05) is 18.2 Å². The number of rotatable bonds is 7. The van der Waals surface area contributed by atoms with Crippen LogP contribution in [0.5, 0.6) is 6.01 Å². The molecule has 42 heavy (non-hydrogen) atoms. The number of benzene rings is 2. The summed E-state index contributed by atoms with van der Waals surface area (Å²) in [5.74, 6) is 0.585. The number of anilines is 1. The minimum atomic E-state index is -0.272. The number of likely N-dealkylation sites (tertiary alicyclic amines) is 1. The van der Waals surface area contributed by atoms with E-state index in [1.165, 1.54) is 6.08 Å². The highest BCUT2D eigenvalue weighted by Gasteiger charge is 2.34. The van der Waals surface area contributed by atoms with Crippen molar-refractivity contribution in [2.75, 3.05) is 44.7 Å². The second-order valence-corrected chi connectivity index (χ2v) is 11.6. The molecule has 0 saturated carbocycles. The van der Waals surface area contributed by atoms with Crippen LogP contribution in [0.2, 0.25) is 5.02 Å². The van der Waals surface area contributed by atoms with Crippen molar-refractivity contribution in [3.8, 4) is 12.1 Å². The Kier molecular flexibility index (Phi) is 8.29. The van der Waals surface area contributed by atoms with Gasteiger partial charge in [-0.15, -0.1) is 0 Å². The molecule has 6 rings (SSSR count).